The molecule has 1 aromatic carbocycles. The molecule has 0 aliphatic rings. The van der Waals surface area contributed by atoms with Gasteiger partial charge in [-0.1, -0.05) is 36.4 Å². The number of ether oxygens (including phenoxy) is 1. The van der Waals surface area contributed by atoms with E-state index in [1.165, 1.54) is 17.1 Å². The zero-order chi connectivity index (χ0) is 17.5. The van der Waals surface area contributed by atoms with Gasteiger partial charge in [0, 0.05) is 11.9 Å². The summed E-state index contributed by atoms with van der Waals surface area (Å²) in [5, 5.41) is 9.77. The number of carbonyl (C=O) groups excluding carboxylic acids is 1. The molecular formula is C17H17N3O3S. The maximum Gasteiger partial charge on any atom is 0.344 e. The molecule has 124 valence electrons. The van der Waals surface area contributed by atoms with Crippen LogP contribution in [0, 0.1) is 0 Å². The first-order valence-corrected chi connectivity index (χ1v) is 8.02. The molecule has 2 rings (SSSR count). The molecule has 1 heterocycles. The zero-order valence-corrected chi connectivity index (χ0v) is 14.2. The van der Waals surface area contributed by atoms with Gasteiger partial charge >= 0.3 is 5.97 Å². The summed E-state index contributed by atoms with van der Waals surface area (Å²) in [5.41, 5.74) is 1.14. The highest BCUT2D eigenvalue weighted by atomic mass is 32.1. The Kier molecular flexibility index (Phi) is 5.97. The third-order valence-corrected chi connectivity index (χ3v) is 4.05. The molecule has 0 atom stereocenters. The smallest absolute Gasteiger partial charge is 0.344 e. The van der Waals surface area contributed by atoms with Crippen LogP contribution in [0.2, 0.25) is 0 Å². The van der Waals surface area contributed by atoms with Crippen LogP contribution in [0.4, 0.5) is 0 Å². The van der Waals surface area contributed by atoms with E-state index in [-0.39, 0.29) is 12.1 Å². The first-order chi connectivity index (χ1) is 11.6. The fraction of sp³-hybridized carbons (Fsp3) is 0.176. The van der Waals surface area contributed by atoms with E-state index in [0.717, 1.165) is 22.6 Å². The van der Waals surface area contributed by atoms with E-state index in [0.29, 0.717) is 4.80 Å². The van der Waals surface area contributed by atoms with E-state index in [1.807, 2.05) is 37.3 Å². The highest BCUT2D eigenvalue weighted by Crippen LogP contribution is 2.01. The Bertz CT molecular complexity index is 895. The Balaban J connectivity index is 2.54. The summed E-state index contributed by atoms with van der Waals surface area (Å²) in [4.78, 5) is 24.4. The molecule has 0 spiro atoms. The molecule has 0 aliphatic carbocycles. The van der Waals surface area contributed by atoms with Crippen molar-refractivity contribution in [2.75, 3.05) is 7.11 Å². The first kappa shape index (κ1) is 17.6. The van der Waals surface area contributed by atoms with Gasteiger partial charge in [-0.2, -0.15) is 5.10 Å². The summed E-state index contributed by atoms with van der Waals surface area (Å²) < 4.78 is 5.96. The van der Waals surface area contributed by atoms with Crippen molar-refractivity contribution in [3.8, 4) is 0 Å². The lowest BCUT2D eigenvalue weighted by Crippen LogP contribution is -2.35. The summed E-state index contributed by atoms with van der Waals surface area (Å²) in [5.74, 6) is -0.676. The van der Waals surface area contributed by atoms with Crippen molar-refractivity contribution in [2.45, 2.75) is 13.5 Å². The molecule has 0 fully saturated rings. The fourth-order valence-corrected chi connectivity index (χ4v) is 2.72. The van der Waals surface area contributed by atoms with Crippen molar-refractivity contribution in [1.82, 2.24) is 4.57 Å². The highest BCUT2D eigenvalue weighted by molar-refractivity contribution is 7.07. The molecule has 0 bridgehead atoms. The average Bonchev–Trinajstić information content (AvgIpc) is 2.62. The standard InChI is InChI=1S/C17H17N3O3S/c1-4-10-20-15(21)14(16(22)23-3)11-24-17(20)19-18-12(2)13-8-6-5-7-9-13/h4-9,11H,1,10H2,2-3H3/b18-12-,19-17-. The Labute approximate surface area is 143 Å². The topological polar surface area (TPSA) is 73.0 Å². The number of allylic oxidation sites excluding steroid dienone is 1. The van der Waals surface area contributed by atoms with E-state index in [9.17, 15) is 9.59 Å². The molecule has 0 saturated heterocycles. The summed E-state index contributed by atoms with van der Waals surface area (Å²) in [6.45, 7) is 5.68. The fourth-order valence-electron chi connectivity index (χ4n) is 1.93. The van der Waals surface area contributed by atoms with E-state index >= 15 is 0 Å². The molecule has 0 amide bonds. The number of hydrogen-bond acceptors (Lipinski definition) is 6. The molecule has 0 unspecified atom stereocenters. The number of carbonyl (C=O) groups is 1. The monoisotopic (exact) mass is 343 g/mol. The van der Waals surface area contributed by atoms with Crippen LogP contribution in [-0.2, 0) is 11.3 Å². The van der Waals surface area contributed by atoms with Gasteiger partial charge < -0.3 is 4.74 Å². The average molecular weight is 343 g/mol. The lowest BCUT2D eigenvalue weighted by atomic mass is 10.1. The van der Waals surface area contributed by atoms with Gasteiger partial charge in [-0.05, 0) is 12.5 Å². The molecule has 0 radical (unpaired) electrons. The minimum atomic E-state index is -0.676. The molecule has 0 aliphatic heterocycles. The van der Waals surface area contributed by atoms with Crippen LogP contribution in [0.1, 0.15) is 22.8 Å². The van der Waals surface area contributed by atoms with Crippen molar-refractivity contribution >= 4 is 23.0 Å². The predicted molar refractivity (Wildman–Crippen MR) is 94.3 cm³/mol. The number of esters is 1. The Morgan fingerprint density at radius 1 is 1.38 bits per heavy atom. The van der Waals surface area contributed by atoms with Crippen LogP contribution >= 0.6 is 11.3 Å². The second-order valence-electron chi connectivity index (χ2n) is 4.78. The molecular weight excluding hydrogens is 326 g/mol. The number of hydrogen-bond donors (Lipinski definition) is 0. The van der Waals surface area contributed by atoms with Crippen LogP contribution in [0.5, 0.6) is 0 Å². The van der Waals surface area contributed by atoms with E-state index < -0.39 is 11.5 Å². The lowest BCUT2D eigenvalue weighted by molar-refractivity contribution is 0.0598. The minimum absolute atomic E-state index is 0.0351. The van der Waals surface area contributed by atoms with Gasteiger partial charge in [0.1, 0.15) is 5.56 Å². The largest absolute Gasteiger partial charge is 0.465 e. The van der Waals surface area contributed by atoms with Gasteiger partial charge in [-0.3, -0.25) is 9.36 Å². The van der Waals surface area contributed by atoms with Crippen molar-refractivity contribution in [2.24, 2.45) is 10.2 Å². The van der Waals surface area contributed by atoms with E-state index in [1.54, 1.807) is 6.08 Å². The maximum absolute atomic E-state index is 12.4. The Hall–Kier alpha value is -2.80. The summed E-state index contributed by atoms with van der Waals surface area (Å²) in [6, 6.07) is 9.60. The quantitative estimate of drug-likeness (QED) is 0.362. The molecule has 6 nitrogen and oxygen atoms in total. The second-order valence-corrected chi connectivity index (χ2v) is 5.62. The van der Waals surface area contributed by atoms with Gasteiger partial charge in [-0.25, -0.2) is 4.79 Å². The summed E-state index contributed by atoms with van der Waals surface area (Å²) in [6.07, 6.45) is 1.56. The number of methoxy groups -OCH3 is 1. The summed E-state index contributed by atoms with van der Waals surface area (Å²) in [7, 11) is 1.23. The third-order valence-electron chi connectivity index (χ3n) is 3.18. The summed E-state index contributed by atoms with van der Waals surface area (Å²) >= 11 is 1.14. The maximum atomic E-state index is 12.4. The molecule has 7 heteroatoms. The molecule has 0 N–H and O–H groups in total. The number of rotatable bonds is 5. The van der Waals surface area contributed by atoms with E-state index in [2.05, 4.69) is 21.5 Å². The van der Waals surface area contributed by atoms with Crippen molar-refractivity contribution in [3.63, 3.8) is 0 Å². The van der Waals surface area contributed by atoms with Gasteiger partial charge in [0.15, 0.2) is 0 Å². The van der Waals surface area contributed by atoms with Gasteiger partial charge in [-0.15, -0.1) is 23.0 Å². The normalized spacial score (nSPS) is 12.1. The van der Waals surface area contributed by atoms with E-state index in [4.69, 9.17) is 0 Å². The van der Waals surface area contributed by atoms with Gasteiger partial charge in [0.25, 0.3) is 5.56 Å². The van der Waals surface area contributed by atoms with Crippen LogP contribution in [-0.4, -0.2) is 23.4 Å². The molecule has 24 heavy (non-hydrogen) atoms. The lowest BCUT2D eigenvalue weighted by Gasteiger charge is -2.04. The van der Waals surface area contributed by atoms with Gasteiger partial charge in [0.2, 0.25) is 4.80 Å². The second kappa shape index (κ2) is 8.16. The Morgan fingerprint density at radius 2 is 2.08 bits per heavy atom. The first-order valence-electron chi connectivity index (χ1n) is 7.14. The Morgan fingerprint density at radius 3 is 2.71 bits per heavy atom. The van der Waals surface area contributed by atoms with Gasteiger partial charge in [0.05, 0.1) is 12.8 Å². The van der Waals surface area contributed by atoms with Crippen molar-refractivity contribution < 1.29 is 9.53 Å². The van der Waals surface area contributed by atoms with Crippen LogP contribution in [0.25, 0.3) is 0 Å². The van der Waals surface area contributed by atoms with Crippen molar-refractivity contribution in [1.29, 1.82) is 0 Å². The zero-order valence-electron chi connectivity index (χ0n) is 13.4. The molecule has 0 saturated carbocycles. The van der Waals surface area contributed by atoms with Crippen LogP contribution < -0.4 is 10.4 Å². The number of aromatic nitrogens is 1. The molecule has 1 aromatic heterocycles. The van der Waals surface area contributed by atoms with Crippen molar-refractivity contribution in [3.05, 3.63) is 74.6 Å². The van der Waals surface area contributed by atoms with Crippen LogP contribution in [0.15, 0.2) is 63.4 Å². The highest BCUT2D eigenvalue weighted by Gasteiger charge is 2.13. The third kappa shape index (κ3) is 3.94. The minimum Gasteiger partial charge on any atom is -0.465 e. The number of benzene rings is 1. The SMILES string of the molecule is C=CCn1c(=O)c(C(=O)OC)cs/c1=N\N=C(\C)c1ccccc1. The molecule has 2 aromatic rings. The number of nitrogens with zero attached hydrogens (tertiary/aromatic N) is 3. The predicted octanol–water partition coefficient (Wildman–Crippen LogP) is 2.21. The van der Waals surface area contributed by atoms with Crippen LogP contribution in [0.3, 0.4) is 0 Å².